The second-order valence-corrected chi connectivity index (χ2v) is 5.59. The van der Waals surface area contributed by atoms with Gasteiger partial charge in [-0.15, -0.1) is 0 Å². The molecule has 0 saturated carbocycles. The topological polar surface area (TPSA) is 36.9 Å². The number of hydrogen-bond donors (Lipinski definition) is 1. The maximum Gasteiger partial charge on any atom is 0.193 e. The molecule has 0 aromatic heterocycles. The van der Waals surface area contributed by atoms with Gasteiger partial charge < -0.3 is 15.0 Å². The number of ether oxygens (including phenoxy) is 1. The lowest BCUT2D eigenvalue weighted by atomic mass is 9.84. The Morgan fingerprint density at radius 2 is 2.00 bits per heavy atom. The summed E-state index contributed by atoms with van der Waals surface area (Å²) in [5, 5.41) is 3.44. The van der Waals surface area contributed by atoms with Crippen molar-refractivity contribution in [2.75, 3.05) is 33.8 Å². The van der Waals surface area contributed by atoms with E-state index in [1.54, 1.807) is 7.11 Å². The molecule has 1 aromatic carbocycles. The fourth-order valence-corrected chi connectivity index (χ4v) is 2.17. The number of benzene rings is 1. The molecule has 1 aliphatic rings. The second-order valence-electron chi connectivity index (χ2n) is 5.59. The van der Waals surface area contributed by atoms with E-state index in [4.69, 9.17) is 4.74 Å². The monoisotopic (exact) mass is 261 g/mol. The predicted octanol–water partition coefficient (Wildman–Crippen LogP) is 1.86. The van der Waals surface area contributed by atoms with Crippen LogP contribution in [0.1, 0.15) is 19.4 Å². The predicted molar refractivity (Wildman–Crippen MR) is 79.0 cm³/mol. The third-order valence-electron chi connectivity index (χ3n) is 3.62. The van der Waals surface area contributed by atoms with Crippen LogP contribution in [-0.4, -0.2) is 44.7 Å². The zero-order valence-electron chi connectivity index (χ0n) is 12.2. The maximum absolute atomic E-state index is 5.20. The number of guanidine groups is 1. The van der Waals surface area contributed by atoms with Gasteiger partial charge in [0.1, 0.15) is 5.75 Å². The van der Waals surface area contributed by atoms with Crippen molar-refractivity contribution in [2.45, 2.75) is 19.3 Å². The molecule has 2 rings (SSSR count). The minimum atomic E-state index is 0.0538. The Hall–Kier alpha value is -1.71. The Kier molecular flexibility index (Phi) is 3.98. The molecule has 0 saturated heterocycles. The summed E-state index contributed by atoms with van der Waals surface area (Å²) in [4.78, 5) is 6.61. The molecule has 0 unspecified atom stereocenters. The van der Waals surface area contributed by atoms with Crippen LogP contribution in [0.4, 0.5) is 0 Å². The van der Waals surface area contributed by atoms with Crippen molar-refractivity contribution >= 4 is 5.96 Å². The summed E-state index contributed by atoms with van der Waals surface area (Å²) in [6.07, 6.45) is 0. The van der Waals surface area contributed by atoms with E-state index in [-0.39, 0.29) is 5.41 Å². The number of likely N-dealkylation sites (N-methyl/N-ethyl adjacent to an activating group) is 1. The molecule has 4 heteroatoms. The van der Waals surface area contributed by atoms with Gasteiger partial charge in [0.15, 0.2) is 5.96 Å². The van der Waals surface area contributed by atoms with Gasteiger partial charge in [-0.1, -0.05) is 26.0 Å². The lowest BCUT2D eigenvalue weighted by Gasteiger charge is -2.27. The van der Waals surface area contributed by atoms with Crippen molar-refractivity contribution in [1.82, 2.24) is 10.2 Å². The van der Waals surface area contributed by atoms with Crippen LogP contribution in [-0.2, 0) is 5.41 Å². The fraction of sp³-hybridized carbons (Fsp3) is 0.533. The smallest absolute Gasteiger partial charge is 0.193 e. The molecule has 104 valence electrons. The molecule has 4 nitrogen and oxygen atoms in total. The molecule has 1 aromatic rings. The lowest BCUT2D eigenvalue weighted by Crippen LogP contribution is -2.42. The van der Waals surface area contributed by atoms with E-state index in [1.807, 2.05) is 12.1 Å². The van der Waals surface area contributed by atoms with E-state index in [0.717, 1.165) is 31.3 Å². The van der Waals surface area contributed by atoms with Crippen LogP contribution in [0.5, 0.6) is 5.75 Å². The van der Waals surface area contributed by atoms with E-state index >= 15 is 0 Å². The normalized spacial score (nSPS) is 15.4. The summed E-state index contributed by atoms with van der Waals surface area (Å²) in [6, 6.07) is 8.27. The molecule has 0 amide bonds. The van der Waals surface area contributed by atoms with Gasteiger partial charge in [-0.25, -0.2) is 0 Å². The van der Waals surface area contributed by atoms with E-state index in [2.05, 4.69) is 48.2 Å². The first-order valence-electron chi connectivity index (χ1n) is 6.67. The van der Waals surface area contributed by atoms with Crippen molar-refractivity contribution in [3.8, 4) is 5.75 Å². The minimum absolute atomic E-state index is 0.0538. The van der Waals surface area contributed by atoms with Crippen LogP contribution in [0.25, 0.3) is 0 Å². The number of rotatable bonds is 4. The molecule has 0 radical (unpaired) electrons. The van der Waals surface area contributed by atoms with Gasteiger partial charge in [-0.05, 0) is 17.7 Å². The first kappa shape index (κ1) is 13.7. The molecule has 0 aliphatic carbocycles. The number of nitrogens with zero attached hydrogens (tertiary/aromatic N) is 2. The maximum atomic E-state index is 5.20. The van der Waals surface area contributed by atoms with Gasteiger partial charge in [0, 0.05) is 25.6 Å². The van der Waals surface area contributed by atoms with Gasteiger partial charge in [0.25, 0.3) is 0 Å². The summed E-state index contributed by atoms with van der Waals surface area (Å²) in [6.45, 7) is 7.23. The minimum Gasteiger partial charge on any atom is -0.497 e. The third-order valence-corrected chi connectivity index (χ3v) is 3.62. The van der Waals surface area contributed by atoms with Gasteiger partial charge in [0.2, 0.25) is 0 Å². The zero-order valence-corrected chi connectivity index (χ0v) is 12.2. The standard InChI is InChI=1S/C15H23N3O/c1-15(2,11-17-14-16-9-10-18(14)3)12-5-7-13(19-4)8-6-12/h5-8H,9-11H2,1-4H3,(H,16,17). The lowest BCUT2D eigenvalue weighted by molar-refractivity contribution is 0.413. The Bertz CT molecular complexity index is 451. The first-order chi connectivity index (χ1) is 9.03. The van der Waals surface area contributed by atoms with Gasteiger partial charge in [-0.2, -0.15) is 0 Å². The fourth-order valence-electron chi connectivity index (χ4n) is 2.17. The number of methoxy groups -OCH3 is 1. The molecule has 0 fully saturated rings. The number of nitrogens with one attached hydrogen (secondary N) is 1. The van der Waals surface area contributed by atoms with E-state index in [9.17, 15) is 0 Å². The van der Waals surface area contributed by atoms with E-state index in [1.165, 1.54) is 5.56 Å². The molecular weight excluding hydrogens is 238 g/mol. The van der Waals surface area contributed by atoms with Crippen LogP contribution in [0, 0.1) is 0 Å². The van der Waals surface area contributed by atoms with E-state index < -0.39 is 0 Å². The summed E-state index contributed by atoms with van der Waals surface area (Å²) in [7, 11) is 3.76. The van der Waals surface area contributed by atoms with Crippen molar-refractivity contribution in [3.05, 3.63) is 29.8 Å². The van der Waals surface area contributed by atoms with E-state index in [0.29, 0.717) is 0 Å². The van der Waals surface area contributed by atoms with Gasteiger partial charge in [-0.3, -0.25) is 4.99 Å². The highest BCUT2D eigenvalue weighted by Gasteiger charge is 2.22. The molecule has 19 heavy (non-hydrogen) atoms. The SMILES string of the molecule is COc1ccc(C(C)(C)CNC2=NCCN2C)cc1. The van der Waals surface area contributed by atoms with Gasteiger partial charge >= 0.3 is 0 Å². The first-order valence-corrected chi connectivity index (χ1v) is 6.67. The summed E-state index contributed by atoms with van der Waals surface area (Å²) in [5.74, 6) is 1.90. The van der Waals surface area contributed by atoms with Crippen molar-refractivity contribution < 1.29 is 4.74 Å². The molecule has 0 bridgehead atoms. The Morgan fingerprint density at radius 3 is 2.53 bits per heavy atom. The van der Waals surface area contributed by atoms with Gasteiger partial charge in [0.05, 0.1) is 13.7 Å². The average Bonchev–Trinajstić information content (AvgIpc) is 2.82. The molecule has 0 atom stereocenters. The molecular formula is C15H23N3O. The molecule has 1 aliphatic heterocycles. The van der Waals surface area contributed by atoms with Crippen molar-refractivity contribution in [2.24, 2.45) is 4.99 Å². The molecule has 1 heterocycles. The average molecular weight is 261 g/mol. The molecule has 1 N–H and O–H groups in total. The summed E-state index contributed by atoms with van der Waals surface area (Å²) >= 11 is 0. The second kappa shape index (κ2) is 5.51. The molecule has 0 spiro atoms. The highest BCUT2D eigenvalue weighted by atomic mass is 16.5. The highest BCUT2D eigenvalue weighted by Crippen LogP contribution is 2.24. The Balaban J connectivity index is 2.00. The van der Waals surface area contributed by atoms with Crippen LogP contribution in [0.3, 0.4) is 0 Å². The van der Waals surface area contributed by atoms with Crippen LogP contribution < -0.4 is 10.1 Å². The van der Waals surface area contributed by atoms with Crippen molar-refractivity contribution in [1.29, 1.82) is 0 Å². The zero-order chi connectivity index (χ0) is 13.9. The highest BCUT2D eigenvalue weighted by molar-refractivity contribution is 5.81. The Labute approximate surface area is 115 Å². The quantitative estimate of drug-likeness (QED) is 0.899. The van der Waals surface area contributed by atoms with Crippen LogP contribution >= 0.6 is 0 Å². The summed E-state index contributed by atoms with van der Waals surface area (Å²) in [5.41, 5.74) is 1.35. The van der Waals surface area contributed by atoms with Crippen LogP contribution in [0.15, 0.2) is 29.3 Å². The number of hydrogen-bond acceptors (Lipinski definition) is 4. The number of aliphatic imine (C=N–C) groups is 1. The largest absolute Gasteiger partial charge is 0.497 e. The Morgan fingerprint density at radius 1 is 1.32 bits per heavy atom. The van der Waals surface area contributed by atoms with Crippen molar-refractivity contribution in [3.63, 3.8) is 0 Å². The third kappa shape index (κ3) is 3.19. The summed E-state index contributed by atoms with van der Waals surface area (Å²) < 4.78 is 5.20. The van der Waals surface area contributed by atoms with Crippen LogP contribution in [0.2, 0.25) is 0 Å².